The van der Waals surface area contributed by atoms with E-state index in [-0.39, 0.29) is 17.5 Å². The molecule has 29 heavy (non-hydrogen) atoms. The van der Waals surface area contributed by atoms with Gasteiger partial charge in [-0.05, 0) is 55.6 Å². The van der Waals surface area contributed by atoms with E-state index in [9.17, 15) is 4.79 Å². The highest BCUT2D eigenvalue weighted by Gasteiger charge is 2.56. The summed E-state index contributed by atoms with van der Waals surface area (Å²) in [6.07, 6.45) is 8.47. The van der Waals surface area contributed by atoms with Crippen LogP contribution in [0.25, 0.3) is 0 Å². The summed E-state index contributed by atoms with van der Waals surface area (Å²) in [4.78, 5) is 20.5. The number of benzene rings is 1. The summed E-state index contributed by atoms with van der Waals surface area (Å²) in [6, 6.07) is 14.9. The summed E-state index contributed by atoms with van der Waals surface area (Å²) in [5.74, 6) is 0.590. The van der Waals surface area contributed by atoms with Gasteiger partial charge >= 0.3 is 0 Å². The molecule has 1 amide bonds. The molecule has 1 unspecified atom stereocenters. The fraction of sp³-hybridized carbons (Fsp3) is 0.500. The molecule has 0 saturated carbocycles. The van der Waals surface area contributed by atoms with Crippen molar-refractivity contribution >= 4 is 17.7 Å². The summed E-state index contributed by atoms with van der Waals surface area (Å²) in [7, 11) is 0. The lowest BCUT2D eigenvalue weighted by Crippen LogP contribution is -2.53. The number of hydrogen-bond acceptors (Lipinski definition) is 4. The lowest BCUT2D eigenvalue weighted by Gasteiger charge is -2.43. The van der Waals surface area contributed by atoms with Crippen LogP contribution in [-0.2, 0) is 0 Å². The first-order chi connectivity index (χ1) is 14.0. The molecule has 2 aromatic rings. The molecule has 2 saturated heterocycles. The molecule has 3 heterocycles. The maximum Gasteiger partial charge on any atom is 0.254 e. The summed E-state index contributed by atoms with van der Waals surface area (Å²) < 4.78 is 0. The number of hydrogen-bond donors (Lipinski definition) is 1. The van der Waals surface area contributed by atoms with Crippen LogP contribution in [0.3, 0.4) is 0 Å². The van der Waals surface area contributed by atoms with E-state index in [1.807, 2.05) is 24.5 Å². The van der Waals surface area contributed by atoms with Crippen molar-refractivity contribution < 1.29 is 4.79 Å². The molecule has 0 aliphatic carbocycles. The van der Waals surface area contributed by atoms with Crippen molar-refractivity contribution in [1.82, 2.24) is 15.2 Å². The third-order valence-corrected chi connectivity index (χ3v) is 7.26. The third kappa shape index (κ3) is 3.82. The fourth-order valence-electron chi connectivity index (χ4n) is 5.35. The number of carbonyl (C=O) groups excluding carboxylic acids is 1. The molecule has 1 atom stereocenters. The first-order valence-electron chi connectivity index (χ1n) is 10.7. The Morgan fingerprint density at radius 2 is 1.93 bits per heavy atom. The number of nitrogens with one attached hydrogen (secondary N) is 1. The van der Waals surface area contributed by atoms with Crippen molar-refractivity contribution in [2.24, 2.45) is 5.92 Å². The smallest absolute Gasteiger partial charge is 0.254 e. The van der Waals surface area contributed by atoms with Gasteiger partial charge in [0.25, 0.3) is 5.91 Å². The molecule has 4 nitrogen and oxygen atoms in total. The maximum atomic E-state index is 13.4. The van der Waals surface area contributed by atoms with Gasteiger partial charge in [0.05, 0.1) is 11.6 Å². The second kappa shape index (κ2) is 8.49. The second-order valence-electron chi connectivity index (χ2n) is 8.76. The molecule has 154 valence electrons. The highest BCUT2D eigenvalue weighted by Crippen LogP contribution is 2.53. The Kier molecular flexibility index (Phi) is 5.98. The molecule has 4 rings (SSSR count). The molecule has 2 aliphatic heterocycles. The third-order valence-electron chi connectivity index (χ3n) is 6.55. The minimum absolute atomic E-state index is 0.00762. The van der Waals surface area contributed by atoms with Crippen molar-refractivity contribution in [3.05, 3.63) is 59.8 Å². The minimum Gasteiger partial charge on any atom is -0.343 e. The topological polar surface area (TPSA) is 45.2 Å². The van der Waals surface area contributed by atoms with Gasteiger partial charge in [-0.2, -0.15) is 0 Å². The average Bonchev–Trinajstić information content (AvgIpc) is 3.26. The van der Waals surface area contributed by atoms with Gasteiger partial charge in [0.2, 0.25) is 0 Å². The largest absolute Gasteiger partial charge is 0.343 e. The zero-order valence-electron chi connectivity index (χ0n) is 17.6. The number of aromatic nitrogens is 1. The first-order valence-corrected chi connectivity index (χ1v) is 11.9. The Bertz CT molecular complexity index is 846. The van der Waals surface area contributed by atoms with Crippen LogP contribution in [0.1, 0.15) is 61.5 Å². The zero-order chi connectivity index (χ0) is 20.4. The highest BCUT2D eigenvalue weighted by molar-refractivity contribution is 7.98. The predicted molar refractivity (Wildman–Crippen MR) is 119 cm³/mol. The number of fused-ring (bicyclic) bond motifs is 2. The van der Waals surface area contributed by atoms with Crippen LogP contribution in [0.2, 0.25) is 0 Å². The molecular formula is C24H31N3OS. The normalized spacial score (nSPS) is 24.8. The average molecular weight is 410 g/mol. The van der Waals surface area contributed by atoms with Crippen LogP contribution in [-0.4, -0.2) is 40.2 Å². The van der Waals surface area contributed by atoms with Gasteiger partial charge in [-0.25, -0.2) is 4.98 Å². The Balaban J connectivity index is 1.71. The fourth-order valence-corrected chi connectivity index (χ4v) is 5.90. The standard InChI is InChI=1S/C24H31N3OS/c1-17(2)16-27-19-11-13-24(27,14-12-19)21(18-8-5-4-6-9-18)26-22(28)20-10-7-15-25-23(20)29-3/h4-10,15,17,19,21H,11-14,16H2,1-3H3,(H,26,28). The van der Waals surface area contributed by atoms with Gasteiger partial charge in [0, 0.05) is 24.3 Å². The van der Waals surface area contributed by atoms with E-state index in [0.29, 0.717) is 17.5 Å². The summed E-state index contributed by atoms with van der Waals surface area (Å²) in [6.45, 7) is 5.68. The van der Waals surface area contributed by atoms with E-state index < -0.39 is 0 Å². The zero-order valence-corrected chi connectivity index (χ0v) is 18.4. The number of thioether (sulfide) groups is 1. The highest BCUT2D eigenvalue weighted by atomic mass is 32.2. The quantitative estimate of drug-likeness (QED) is 0.659. The Morgan fingerprint density at radius 1 is 1.21 bits per heavy atom. The Hall–Kier alpha value is -1.85. The van der Waals surface area contributed by atoms with Crippen LogP contribution < -0.4 is 5.32 Å². The van der Waals surface area contributed by atoms with Gasteiger partial charge in [0.15, 0.2) is 0 Å². The summed E-state index contributed by atoms with van der Waals surface area (Å²) >= 11 is 1.52. The Labute approximate surface area is 178 Å². The van der Waals surface area contributed by atoms with E-state index in [0.717, 1.165) is 24.4 Å². The summed E-state index contributed by atoms with van der Waals surface area (Å²) in [5.41, 5.74) is 1.88. The van der Waals surface area contributed by atoms with Crippen molar-refractivity contribution in [2.45, 2.75) is 62.2 Å². The number of carbonyl (C=O) groups is 1. The SMILES string of the molecule is CSc1ncccc1C(=O)NC(c1ccccc1)C12CCC(CC1)N2CC(C)C. The molecule has 2 bridgehead atoms. The van der Waals surface area contributed by atoms with Crippen molar-refractivity contribution in [1.29, 1.82) is 0 Å². The second-order valence-corrected chi connectivity index (χ2v) is 9.55. The number of rotatable bonds is 7. The number of pyridine rings is 1. The van der Waals surface area contributed by atoms with Crippen molar-refractivity contribution in [3.63, 3.8) is 0 Å². The molecule has 0 radical (unpaired) electrons. The van der Waals surface area contributed by atoms with Gasteiger partial charge in [-0.1, -0.05) is 44.2 Å². The number of amides is 1. The first kappa shape index (κ1) is 20.4. The van der Waals surface area contributed by atoms with Gasteiger partial charge in [0.1, 0.15) is 5.03 Å². The minimum atomic E-state index is -0.0227. The van der Waals surface area contributed by atoms with Crippen LogP contribution in [0.5, 0.6) is 0 Å². The van der Waals surface area contributed by atoms with E-state index in [1.165, 1.54) is 30.2 Å². The van der Waals surface area contributed by atoms with E-state index in [1.54, 1.807) is 6.20 Å². The van der Waals surface area contributed by atoms with E-state index >= 15 is 0 Å². The molecule has 1 N–H and O–H groups in total. The van der Waals surface area contributed by atoms with Crippen molar-refractivity contribution in [3.8, 4) is 0 Å². The molecule has 5 heteroatoms. The van der Waals surface area contributed by atoms with Crippen molar-refractivity contribution in [2.75, 3.05) is 12.8 Å². The van der Waals surface area contributed by atoms with E-state index in [4.69, 9.17) is 0 Å². The van der Waals surface area contributed by atoms with E-state index in [2.05, 4.69) is 53.3 Å². The van der Waals surface area contributed by atoms with Crippen LogP contribution in [0.4, 0.5) is 0 Å². The molecule has 2 fully saturated rings. The lowest BCUT2D eigenvalue weighted by atomic mass is 9.78. The van der Waals surface area contributed by atoms with Gasteiger partial charge in [-0.3, -0.25) is 9.69 Å². The summed E-state index contributed by atoms with van der Waals surface area (Å²) in [5, 5.41) is 4.24. The van der Waals surface area contributed by atoms with Gasteiger partial charge in [-0.15, -0.1) is 11.8 Å². The maximum absolute atomic E-state index is 13.4. The predicted octanol–water partition coefficient (Wildman–Crippen LogP) is 4.93. The molecule has 0 spiro atoms. The van der Waals surface area contributed by atoms with Crippen LogP contribution in [0, 0.1) is 5.92 Å². The van der Waals surface area contributed by atoms with Crippen LogP contribution in [0.15, 0.2) is 53.7 Å². The Morgan fingerprint density at radius 3 is 2.59 bits per heavy atom. The van der Waals surface area contributed by atoms with Gasteiger partial charge < -0.3 is 5.32 Å². The lowest BCUT2D eigenvalue weighted by molar-refractivity contribution is 0.0740. The monoisotopic (exact) mass is 409 g/mol. The molecule has 1 aromatic heterocycles. The molecule has 1 aromatic carbocycles. The van der Waals surface area contributed by atoms with Crippen LogP contribution >= 0.6 is 11.8 Å². The number of nitrogens with zero attached hydrogens (tertiary/aromatic N) is 2. The molecule has 2 aliphatic rings. The molecular weight excluding hydrogens is 378 g/mol.